The fourth-order valence-electron chi connectivity index (χ4n) is 1.43. The van der Waals surface area contributed by atoms with E-state index in [0.29, 0.717) is 23.1 Å². The Morgan fingerprint density at radius 3 is 2.78 bits per heavy atom. The molecule has 18 heavy (non-hydrogen) atoms. The van der Waals surface area contributed by atoms with E-state index >= 15 is 0 Å². The summed E-state index contributed by atoms with van der Waals surface area (Å²) in [6, 6.07) is 4.78. The standard InChI is InChI=1S/C12H17BrFN3O/c1-12(2,11(15)17-18)6-7-16-10-8(13)4-3-5-9(10)14/h3-5,16,18H,6-7H2,1-2H3,(H2,15,17). The van der Waals surface area contributed by atoms with Gasteiger partial charge in [-0.25, -0.2) is 4.39 Å². The van der Waals surface area contributed by atoms with Gasteiger partial charge >= 0.3 is 0 Å². The monoisotopic (exact) mass is 317 g/mol. The molecule has 0 unspecified atom stereocenters. The third kappa shape index (κ3) is 3.60. The van der Waals surface area contributed by atoms with Crippen molar-refractivity contribution in [3.8, 4) is 0 Å². The molecule has 0 spiro atoms. The van der Waals surface area contributed by atoms with Gasteiger partial charge in [-0.2, -0.15) is 0 Å². The highest BCUT2D eigenvalue weighted by Gasteiger charge is 2.23. The second kappa shape index (κ2) is 6.04. The fraction of sp³-hybridized carbons (Fsp3) is 0.417. The van der Waals surface area contributed by atoms with Gasteiger partial charge in [-0.15, -0.1) is 0 Å². The van der Waals surface area contributed by atoms with Gasteiger partial charge in [0.25, 0.3) is 0 Å². The number of benzene rings is 1. The van der Waals surface area contributed by atoms with Gasteiger partial charge in [0.15, 0.2) is 0 Å². The number of oxime groups is 1. The van der Waals surface area contributed by atoms with E-state index in [1.807, 2.05) is 13.8 Å². The largest absolute Gasteiger partial charge is 0.409 e. The highest BCUT2D eigenvalue weighted by Crippen LogP contribution is 2.26. The zero-order valence-corrected chi connectivity index (χ0v) is 12.0. The molecule has 1 aromatic carbocycles. The van der Waals surface area contributed by atoms with Crippen LogP contribution in [0.4, 0.5) is 10.1 Å². The van der Waals surface area contributed by atoms with Crippen molar-refractivity contribution in [2.75, 3.05) is 11.9 Å². The minimum absolute atomic E-state index is 0.164. The molecule has 0 aliphatic carbocycles. The number of rotatable bonds is 5. The van der Waals surface area contributed by atoms with Crippen molar-refractivity contribution in [1.29, 1.82) is 0 Å². The van der Waals surface area contributed by atoms with Crippen molar-refractivity contribution in [2.45, 2.75) is 20.3 Å². The van der Waals surface area contributed by atoms with Crippen molar-refractivity contribution in [3.05, 3.63) is 28.5 Å². The minimum atomic E-state index is -0.445. The minimum Gasteiger partial charge on any atom is -0.409 e. The van der Waals surface area contributed by atoms with Crippen molar-refractivity contribution >= 4 is 27.5 Å². The van der Waals surface area contributed by atoms with E-state index in [2.05, 4.69) is 26.4 Å². The summed E-state index contributed by atoms with van der Waals surface area (Å²) in [6.07, 6.45) is 0.615. The Kier molecular flexibility index (Phi) is 4.95. The Bertz CT molecular complexity index is 429. The predicted octanol–water partition coefficient (Wildman–Crippen LogP) is 3.16. The van der Waals surface area contributed by atoms with Gasteiger partial charge in [0.1, 0.15) is 11.7 Å². The maximum atomic E-state index is 13.5. The van der Waals surface area contributed by atoms with E-state index in [0.717, 1.165) is 0 Å². The molecule has 0 aliphatic rings. The molecule has 0 radical (unpaired) electrons. The molecule has 6 heteroatoms. The van der Waals surface area contributed by atoms with Crippen LogP contribution in [0.2, 0.25) is 0 Å². The van der Waals surface area contributed by atoms with Crippen LogP contribution in [0.15, 0.2) is 27.8 Å². The number of amidine groups is 1. The summed E-state index contributed by atoms with van der Waals surface area (Å²) in [7, 11) is 0. The first-order chi connectivity index (χ1) is 8.38. The topological polar surface area (TPSA) is 70.6 Å². The number of nitrogens with one attached hydrogen (secondary N) is 1. The van der Waals surface area contributed by atoms with E-state index in [9.17, 15) is 4.39 Å². The Balaban J connectivity index is 2.62. The molecule has 0 saturated heterocycles. The summed E-state index contributed by atoms with van der Waals surface area (Å²) in [5, 5.41) is 14.7. The van der Waals surface area contributed by atoms with Crippen LogP contribution in [0.3, 0.4) is 0 Å². The van der Waals surface area contributed by atoms with Gasteiger partial charge in [0, 0.05) is 16.4 Å². The maximum absolute atomic E-state index is 13.5. The van der Waals surface area contributed by atoms with Crippen LogP contribution in [0, 0.1) is 11.2 Å². The molecular weight excluding hydrogens is 301 g/mol. The first kappa shape index (κ1) is 14.8. The number of para-hydroxylation sites is 1. The molecule has 1 rings (SSSR count). The van der Waals surface area contributed by atoms with Crippen LogP contribution in [-0.4, -0.2) is 17.6 Å². The molecule has 4 nitrogen and oxygen atoms in total. The number of halogens is 2. The normalized spacial score (nSPS) is 12.6. The van der Waals surface area contributed by atoms with Gasteiger partial charge in [0.2, 0.25) is 0 Å². The van der Waals surface area contributed by atoms with E-state index in [-0.39, 0.29) is 11.7 Å². The fourth-order valence-corrected chi connectivity index (χ4v) is 1.91. The molecule has 0 heterocycles. The van der Waals surface area contributed by atoms with Gasteiger partial charge < -0.3 is 16.3 Å². The zero-order valence-electron chi connectivity index (χ0n) is 10.4. The van der Waals surface area contributed by atoms with Crippen LogP contribution in [-0.2, 0) is 0 Å². The van der Waals surface area contributed by atoms with Gasteiger partial charge in [-0.1, -0.05) is 25.1 Å². The third-order valence-corrected chi connectivity index (χ3v) is 3.48. The van der Waals surface area contributed by atoms with Crippen molar-refractivity contribution < 1.29 is 9.60 Å². The summed E-state index contributed by atoms with van der Waals surface area (Å²) in [5.41, 5.74) is 5.56. The average Bonchev–Trinajstić information content (AvgIpc) is 2.31. The first-order valence-electron chi connectivity index (χ1n) is 5.54. The van der Waals surface area contributed by atoms with Crippen LogP contribution in [0.25, 0.3) is 0 Å². The van der Waals surface area contributed by atoms with Crippen LogP contribution in [0.5, 0.6) is 0 Å². The second-order valence-electron chi connectivity index (χ2n) is 4.64. The quantitative estimate of drug-likeness (QED) is 0.338. The Morgan fingerprint density at radius 1 is 1.56 bits per heavy atom. The number of hydrogen-bond acceptors (Lipinski definition) is 3. The number of nitrogens with zero attached hydrogens (tertiary/aromatic N) is 1. The van der Waals surface area contributed by atoms with Crippen molar-refractivity contribution in [1.82, 2.24) is 0 Å². The first-order valence-corrected chi connectivity index (χ1v) is 6.33. The second-order valence-corrected chi connectivity index (χ2v) is 5.50. The van der Waals surface area contributed by atoms with E-state index in [4.69, 9.17) is 10.9 Å². The number of hydrogen-bond donors (Lipinski definition) is 3. The summed E-state index contributed by atoms with van der Waals surface area (Å²) in [6.45, 7) is 4.24. The number of anilines is 1. The molecule has 0 atom stereocenters. The van der Waals surface area contributed by atoms with E-state index in [1.165, 1.54) is 6.07 Å². The van der Waals surface area contributed by atoms with E-state index < -0.39 is 5.41 Å². The highest BCUT2D eigenvalue weighted by molar-refractivity contribution is 9.10. The van der Waals surface area contributed by atoms with Crippen molar-refractivity contribution in [3.63, 3.8) is 0 Å². The average molecular weight is 318 g/mol. The molecule has 0 saturated carbocycles. The SMILES string of the molecule is CC(C)(CCNc1c(F)cccc1Br)/C(N)=N/O. The predicted molar refractivity (Wildman–Crippen MR) is 74.4 cm³/mol. The molecule has 0 fully saturated rings. The lowest BCUT2D eigenvalue weighted by Crippen LogP contribution is -2.33. The molecule has 0 bridgehead atoms. The smallest absolute Gasteiger partial charge is 0.147 e. The lowest BCUT2D eigenvalue weighted by Gasteiger charge is -2.23. The van der Waals surface area contributed by atoms with E-state index in [1.54, 1.807) is 12.1 Å². The summed E-state index contributed by atoms with van der Waals surface area (Å²) in [5.74, 6) is -0.150. The molecule has 0 aromatic heterocycles. The Morgan fingerprint density at radius 2 is 2.22 bits per heavy atom. The molecule has 4 N–H and O–H groups in total. The van der Waals surface area contributed by atoms with Crippen LogP contribution in [0.1, 0.15) is 20.3 Å². The molecule has 0 amide bonds. The summed E-state index contributed by atoms with van der Waals surface area (Å²) >= 11 is 3.28. The lowest BCUT2D eigenvalue weighted by molar-refractivity contribution is 0.306. The molecule has 100 valence electrons. The summed E-state index contributed by atoms with van der Waals surface area (Å²) < 4.78 is 14.2. The van der Waals surface area contributed by atoms with Crippen LogP contribution < -0.4 is 11.1 Å². The zero-order chi connectivity index (χ0) is 13.8. The summed E-state index contributed by atoms with van der Waals surface area (Å²) in [4.78, 5) is 0. The Labute approximate surface area is 114 Å². The Hall–Kier alpha value is -1.30. The highest BCUT2D eigenvalue weighted by atomic mass is 79.9. The van der Waals surface area contributed by atoms with Gasteiger partial charge in [-0.3, -0.25) is 0 Å². The van der Waals surface area contributed by atoms with Crippen molar-refractivity contribution in [2.24, 2.45) is 16.3 Å². The third-order valence-electron chi connectivity index (χ3n) is 2.82. The van der Waals surface area contributed by atoms with Gasteiger partial charge in [0.05, 0.1) is 5.69 Å². The molecule has 1 aromatic rings. The molecular formula is C12H17BrFN3O. The lowest BCUT2D eigenvalue weighted by atomic mass is 9.88. The van der Waals surface area contributed by atoms with Gasteiger partial charge in [-0.05, 0) is 34.5 Å². The molecule has 0 aliphatic heterocycles. The maximum Gasteiger partial charge on any atom is 0.147 e. The number of nitrogens with two attached hydrogens (primary N) is 1. The van der Waals surface area contributed by atoms with Crippen LogP contribution >= 0.6 is 15.9 Å².